The number of aliphatic imine (C=N–C) groups is 1. The van der Waals surface area contributed by atoms with Crippen LogP contribution in [-0.2, 0) is 0 Å². The minimum absolute atomic E-state index is 1.11. The fourth-order valence-electron chi connectivity index (χ4n) is 1.96. The molecular formula is C11H16N2. The molecule has 0 aromatic rings. The second-order valence-corrected chi connectivity index (χ2v) is 4.05. The highest BCUT2D eigenvalue weighted by molar-refractivity contribution is 5.81. The molecule has 2 aliphatic heterocycles. The third-order valence-corrected chi connectivity index (χ3v) is 2.70. The molecule has 0 saturated heterocycles. The van der Waals surface area contributed by atoms with Gasteiger partial charge in [-0.25, -0.2) is 0 Å². The molecule has 2 heteroatoms. The van der Waals surface area contributed by atoms with Crippen molar-refractivity contribution in [3.8, 4) is 0 Å². The van der Waals surface area contributed by atoms with E-state index in [2.05, 4.69) is 23.9 Å². The topological polar surface area (TPSA) is 15.6 Å². The number of rotatable bonds is 0. The molecule has 0 spiro atoms. The highest BCUT2D eigenvalue weighted by Crippen LogP contribution is 2.23. The summed E-state index contributed by atoms with van der Waals surface area (Å²) < 4.78 is 0. The number of likely N-dealkylation sites (N-methyl/N-ethyl adjacent to an activating group) is 1. The molecule has 2 nitrogen and oxygen atoms in total. The van der Waals surface area contributed by atoms with Gasteiger partial charge in [0.1, 0.15) is 0 Å². The molecule has 0 fully saturated rings. The van der Waals surface area contributed by atoms with Crippen molar-refractivity contribution in [2.24, 2.45) is 4.99 Å². The van der Waals surface area contributed by atoms with Crippen molar-refractivity contribution in [2.75, 3.05) is 20.1 Å². The molecule has 0 radical (unpaired) electrons. The van der Waals surface area contributed by atoms with Gasteiger partial charge in [0.15, 0.2) is 0 Å². The molecule has 2 aliphatic rings. The van der Waals surface area contributed by atoms with Crippen molar-refractivity contribution >= 4 is 6.21 Å². The first-order valence-corrected chi connectivity index (χ1v) is 4.84. The Hall–Kier alpha value is -0.890. The van der Waals surface area contributed by atoms with Crippen molar-refractivity contribution in [3.05, 3.63) is 22.9 Å². The summed E-state index contributed by atoms with van der Waals surface area (Å²) in [5, 5.41) is 0. The van der Waals surface area contributed by atoms with Gasteiger partial charge in [0.05, 0.1) is 0 Å². The third-order valence-electron chi connectivity index (χ3n) is 2.70. The second kappa shape index (κ2) is 3.46. The normalized spacial score (nSPS) is 24.0. The Morgan fingerprint density at radius 3 is 3.15 bits per heavy atom. The molecule has 13 heavy (non-hydrogen) atoms. The van der Waals surface area contributed by atoms with E-state index < -0.39 is 0 Å². The average molecular weight is 176 g/mol. The maximum atomic E-state index is 4.30. The Kier molecular flexibility index (Phi) is 2.32. The lowest BCUT2D eigenvalue weighted by Crippen LogP contribution is -2.28. The van der Waals surface area contributed by atoms with Crippen LogP contribution in [0, 0.1) is 0 Å². The number of hydrogen-bond donors (Lipinski definition) is 0. The first-order valence-electron chi connectivity index (χ1n) is 4.84. The van der Waals surface area contributed by atoms with Gasteiger partial charge in [0.2, 0.25) is 0 Å². The second-order valence-electron chi connectivity index (χ2n) is 4.05. The fourth-order valence-corrected chi connectivity index (χ4v) is 1.96. The monoisotopic (exact) mass is 176 g/mol. The fraction of sp³-hybridized carbons (Fsp3) is 0.545. The molecule has 2 rings (SSSR count). The Balaban J connectivity index is 2.25. The van der Waals surface area contributed by atoms with Crippen LogP contribution >= 0.6 is 0 Å². The van der Waals surface area contributed by atoms with Gasteiger partial charge >= 0.3 is 0 Å². The molecule has 70 valence electrons. The smallest absolute Gasteiger partial charge is 0.0300 e. The number of hydrogen-bond acceptors (Lipinski definition) is 2. The van der Waals surface area contributed by atoms with Crippen molar-refractivity contribution < 1.29 is 0 Å². The minimum Gasteiger partial charge on any atom is -0.302 e. The van der Waals surface area contributed by atoms with E-state index in [4.69, 9.17) is 0 Å². The zero-order valence-corrected chi connectivity index (χ0v) is 8.38. The van der Waals surface area contributed by atoms with Crippen LogP contribution in [0.2, 0.25) is 0 Å². The molecule has 0 atom stereocenters. The summed E-state index contributed by atoms with van der Waals surface area (Å²) in [6, 6.07) is 0. The van der Waals surface area contributed by atoms with Crippen LogP contribution in [0.4, 0.5) is 0 Å². The van der Waals surface area contributed by atoms with Gasteiger partial charge in [-0.3, -0.25) is 4.99 Å². The predicted octanol–water partition coefficient (Wildman–Crippen LogP) is 2.00. The van der Waals surface area contributed by atoms with Crippen LogP contribution in [0.5, 0.6) is 0 Å². The largest absolute Gasteiger partial charge is 0.302 e. The zero-order valence-electron chi connectivity index (χ0n) is 8.38. The maximum Gasteiger partial charge on any atom is 0.0300 e. The van der Waals surface area contributed by atoms with Gasteiger partial charge in [-0.2, -0.15) is 0 Å². The predicted molar refractivity (Wildman–Crippen MR) is 56.0 cm³/mol. The lowest BCUT2D eigenvalue weighted by Gasteiger charge is -2.25. The van der Waals surface area contributed by atoms with Gasteiger partial charge in [0, 0.05) is 25.5 Å². The van der Waals surface area contributed by atoms with E-state index >= 15 is 0 Å². The van der Waals surface area contributed by atoms with Crippen LogP contribution in [0.1, 0.15) is 19.8 Å². The maximum absolute atomic E-state index is 4.30. The van der Waals surface area contributed by atoms with Gasteiger partial charge < -0.3 is 4.90 Å². The summed E-state index contributed by atoms with van der Waals surface area (Å²) in [5.74, 6) is 0. The first kappa shape index (κ1) is 8.70. The first-order chi connectivity index (χ1) is 6.25. The van der Waals surface area contributed by atoms with E-state index in [9.17, 15) is 0 Å². The Morgan fingerprint density at radius 1 is 1.46 bits per heavy atom. The highest BCUT2D eigenvalue weighted by Gasteiger charge is 2.16. The van der Waals surface area contributed by atoms with Crippen LogP contribution in [0.25, 0.3) is 0 Å². The van der Waals surface area contributed by atoms with E-state index in [1.165, 1.54) is 17.7 Å². The summed E-state index contributed by atoms with van der Waals surface area (Å²) in [6.45, 7) is 4.44. The quantitative estimate of drug-likeness (QED) is 0.551. The standard InChI is InChI=1S/C11H16N2/c1-9-5-11-8-13(2)4-3-10(11)7-12-6-9/h6-7H,3-5,8H2,1-2H3. The molecule has 0 N–H and O–H groups in total. The average Bonchev–Trinajstić information content (AvgIpc) is 2.25. The van der Waals surface area contributed by atoms with Gasteiger partial charge in [-0.15, -0.1) is 0 Å². The molecule has 0 bridgehead atoms. The van der Waals surface area contributed by atoms with Gasteiger partial charge in [0.25, 0.3) is 0 Å². The summed E-state index contributed by atoms with van der Waals surface area (Å²) in [6.07, 6.45) is 6.30. The molecule has 2 heterocycles. The molecule has 0 aromatic carbocycles. The van der Waals surface area contributed by atoms with Crippen LogP contribution in [-0.4, -0.2) is 31.3 Å². The summed E-state index contributed by atoms with van der Waals surface area (Å²) in [7, 11) is 2.19. The van der Waals surface area contributed by atoms with Gasteiger partial charge in [-0.1, -0.05) is 5.57 Å². The van der Waals surface area contributed by atoms with Gasteiger partial charge in [-0.05, 0) is 38.0 Å². The van der Waals surface area contributed by atoms with Crippen LogP contribution in [0.15, 0.2) is 27.9 Å². The molecule has 0 unspecified atom stereocenters. The van der Waals surface area contributed by atoms with E-state index in [0.717, 1.165) is 19.4 Å². The highest BCUT2D eigenvalue weighted by atomic mass is 15.1. The van der Waals surface area contributed by atoms with Crippen molar-refractivity contribution in [3.63, 3.8) is 0 Å². The van der Waals surface area contributed by atoms with E-state index in [-0.39, 0.29) is 0 Å². The molecule has 0 saturated carbocycles. The van der Waals surface area contributed by atoms with Crippen LogP contribution < -0.4 is 0 Å². The lowest BCUT2D eigenvalue weighted by molar-refractivity contribution is 0.349. The summed E-state index contributed by atoms with van der Waals surface area (Å²) in [4.78, 5) is 6.68. The Labute approximate surface area is 79.7 Å². The number of nitrogens with zero attached hydrogens (tertiary/aromatic N) is 2. The van der Waals surface area contributed by atoms with Crippen molar-refractivity contribution in [1.82, 2.24) is 4.90 Å². The Bertz CT molecular complexity index is 297. The Morgan fingerprint density at radius 2 is 2.31 bits per heavy atom. The van der Waals surface area contributed by atoms with E-state index in [1.807, 2.05) is 12.4 Å². The van der Waals surface area contributed by atoms with Crippen molar-refractivity contribution in [1.29, 1.82) is 0 Å². The van der Waals surface area contributed by atoms with E-state index in [0.29, 0.717) is 0 Å². The molecule has 0 aliphatic carbocycles. The summed E-state index contributed by atoms with van der Waals surface area (Å²) >= 11 is 0. The van der Waals surface area contributed by atoms with E-state index in [1.54, 1.807) is 5.57 Å². The van der Waals surface area contributed by atoms with Crippen LogP contribution in [0.3, 0.4) is 0 Å². The third kappa shape index (κ3) is 1.89. The molecule has 0 aromatic heterocycles. The summed E-state index contributed by atoms with van der Waals surface area (Å²) in [5.41, 5.74) is 4.39. The number of allylic oxidation sites excluding steroid dienone is 1. The SMILES string of the molecule is CC1=CN=CC2=C(C1)CN(C)CC2. The zero-order chi connectivity index (χ0) is 9.26. The minimum atomic E-state index is 1.11. The molecule has 0 amide bonds. The lowest BCUT2D eigenvalue weighted by atomic mass is 9.97. The molecular weight excluding hydrogens is 160 g/mol. The van der Waals surface area contributed by atoms with Crippen molar-refractivity contribution in [2.45, 2.75) is 19.8 Å².